The van der Waals surface area contributed by atoms with Crippen LogP contribution in [-0.2, 0) is 0 Å². The molecule has 2 rings (SSSR count). The number of carbonyl (C=O) groups is 1. The number of aryl methyl sites for hydroxylation is 1. The summed E-state index contributed by atoms with van der Waals surface area (Å²) < 4.78 is 13.5. The zero-order valence-corrected chi connectivity index (χ0v) is 9.77. The molecule has 1 aromatic carbocycles. The third-order valence-corrected chi connectivity index (χ3v) is 2.46. The highest BCUT2D eigenvalue weighted by Gasteiger charge is 2.11. The number of nitrogens with two attached hydrogens (primary N) is 1. The van der Waals surface area contributed by atoms with E-state index in [1.807, 2.05) is 6.92 Å². The monoisotopic (exact) mass is 245 g/mol. The van der Waals surface area contributed by atoms with E-state index in [1.54, 1.807) is 12.1 Å². The average Bonchev–Trinajstić information content (AvgIpc) is 2.34. The highest BCUT2D eigenvalue weighted by Crippen LogP contribution is 2.22. The van der Waals surface area contributed by atoms with Crippen LogP contribution in [-0.4, -0.2) is 10.9 Å². The number of hydrogen-bond acceptors (Lipinski definition) is 3. The van der Waals surface area contributed by atoms with Gasteiger partial charge in [-0.25, -0.2) is 4.39 Å². The van der Waals surface area contributed by atoms with Crippen LogP contribution in [0.25, 0.3) is 0 Å². The number of nitrogens with one attached hydrogen (secondary N) is 1. The van der Waals surface area contributed by atoms with Crippen LogP contribution in [0.5, 0.6) is 0 Å². The SMILES string of the molecule is Cc1ccc(C(=O)Nc2c(N)cccc2F)cn1. The molecular formula is C13H12FN3O. The second kappa shape index (κ2) is 4.83. The number of hydrogen-bond donors (Lipinski definition) is 2. The van der Waals surface area contributed by atoms with Crippen molar-refractivity contribution in [1.29, 1.82) is 0 Å². The minimum Gasteiger partial charge on any atom is -0.397 e. The summed E-state index contributed by atoms with van der Waals surface area (Å²) in [5, 5.41) is 2.44. The number of aromatic nitrogens is 1. The maximum absolute atomic E-state index is 13.5. The molecule has 0 saturated heterocycles. The number of benzene rings is 1. The van der Waals surface area contributed by atoms with Crippen molar-refractivity contribution in [3.63, 3.8) is 0 Å². The molecule has 18 heavy (non-hydrogen) atoms. The Morgan fingerprint density at radius 1 is 1.33 bits per heavy atom. The van der Waals surface area contributed by atoms with Gasteiger partial charge < -0.3 is 11.1 Å². The van der Waals surface area contributed by atoms with Gasteiger partial charge in [0.25, 0.3) is 5.91 Å². The van der Waals surface area contributed by atoms with Gasteiger partial charge in [-0.2, -0.15) is 0 Å². The van der Waals surface area contributed by atoms with Crippen LogP contribution >= 0.6 is 0 Å². The quantitative estimate of drug-likeness (QED) is 0.798. The van der Waals surface area contributed by atoms with E-state index < -0.39 is 11.7 Å². The Balaban J connectivity index is 2.24. The first kappa shape index (κ1) is 12.0. The van der Waals surface area contributed by atoms with E-state index in [9.17, 15) is 9.18 Å². The molecule has 2 aromatic rings. The lowest BCUT2D eigenvalue weighted by molar-refractivity contribution is 0.102. The van der Waals surface area contributed by atoms with Gasteiger partial charge in [-0.1, -0.05) is 6.07 Å². The third kappa shape index (κ3) is 2.45. The van der Waals surface area contributed by atoms with Crippen LogP contribution in [0.2, 0.25) is 0 Å². The molecule has 0 spiro atoms. The first-order valence-electron chi connectivity index (χ1n) is 5.36. The lowest BCUT2D eigenvalue weighted by Crippen LogP contribution is -2.14. The largest absolute Gasteiger partial charge is 0.397 e. The Labute approximate surface area is 104 Å². The molecule has 92 valence electrons. The highest BCUT2D eigenvalue weighted by molar-refractivity contribution is 6.05. The van der Waals surface area contributed by atoms with Gasteiger partial charge in [-0.15, -0.1) is 0 Å². The predicted octanol–water partition coefficient (Wildman–Crippen LogP) is 2.36. The molecule has 1 heterocycles. The minimum atomic E-state index is -0.566. The molecule has 4 nitrogen and oxygen atoms in total. The molecule has 5 heteroatoms. The second-order valence-corrected chi connectivity index (χ2v) is 3.85. The summed E-state index contributed by atoms with van der Waals surface area (Å²) in [6.45, 7) is 1.82. The summed E-state index contributed by atoms with van der Waals surface area (Å²) in [5.41, 5.74) is 6.93. The summed E-state index contributed by atoms with van der Waals surface area (Å²) >= 11 is 0. The zero-order valence-electron chi connectivity index (χ0n) is 9.77. The number of carbonyl (C=O) groups excluding carboxylic acids is 1. The molecule has 0 aliphatic rings. The Bertz CT molecular complexity index is 561. The predicted molar refractivity (Wildman–Crippen MR) is 67.7 cm³/mol. The van der Waals surface area contributed by atoms with E-state index >= 15 is 0 Å². The fraction of sp³-hybridized carbons (Fsp3) is 0.0769. The molecule has 0 fully saturated rings. The summed E-state index contributed by atoms with van der Waals surface area (Å²) in [6.07, 6.45) is 1.43. The lowest BCUT2D eigenvalue weighted by atomic mass is 10.2. The van der Waals surface area contributed by atoms with E-state index in [2.05, 4.69) is 10.3 Å². The molecule has 0 saturated carbocycles. The molecule has 1 aromatic heterocycles. The Morgan fingerprint density at radius 3 is 2.72 bits per heavy atom. The van der Waals surface area contributed by atoms with Crippen molar-refractivity contribution in [1.82, 2.24) is 4.98 Å². The van der Waals surface area contributed by atoms with Gasteiger partial charge in [-0.05, 0) is 31.2 Å². The highest BCUT2D eigenvalue weighted by atomic mass is 19.1. The summed E-state index contributed by atoms with van der Waals surface area (Å²) in [7, 11) is 0. The third-order valence-electron chi connectivity index (χ3n) is 2.46. The van der Waals surface area contributed by atoms with Gasteiger partial charge in [0.2, 0.25) is 0 Å². The van der Waals surface area contributed by atoms with Crippen molar-refractivity contribution in [2.24, 2.45) is 0 Å². The van der Waals surface area contributed by atoms with E-state index in [0.29, 0.717) is 5.56 Å². The van der Waals surface area contributed by atoms with Crippen molar-refractivity contribution < 1.29 is 9.18 Å². The number of rotatable bonds is 2. The van der Waals surface area contributed by atoms with Crippen LogP contribution in [0.1, 0.15) is 16.1 Å². The van der Waals surface area contributed by atoms with Crippen molar-refractivity contribution >= 4 is 17.3 Å². The van der Waals surface area contributed by atoms with E-state index in [1.165, 1.54) is 24.4 Å². The summed E-state index contributed by atoms with van der Waals surface area (Å²) in [6, 6.07) is 7.56. The van der Waals surface area contributed by atoms with E-state index in [0.717, 1.165) is 5.69 Å². The van der Waals surface area contributed by atoms with Crippen LogP contribution in [0.3, 0.4) is 0 Å². The molecule has 0 aliphatic carbocycles. The molecule has 0 unspecified atom stereocenters. The minimum absolute atomic E-state index is 0.0110. The summed E-state index contributed by atoms with van der Waals surface area (Å²) in [5.74, 6) is -1.01. The summed E-state index contributed by atoms with van der Waals surface area (Å²) in [4.78, 5) is 15.9. The van der Waals surface area contributed by atoms with Crippen molar-refractivity contribution in [2.75, 3.05) is 11.1 Å². The molecule has 3 N–H and O–H groups in total. The van der Waals surface area contributed by atoms with Gasteiger partial charge in [0, 0.05) is 11.9 Å². The first-order chi connectivity index (χ1) is 8.58. The number of para-hydroxylation sites is 1. The Kier molecular flexibility index (Phi) is 3.23. The van der Waals surface area contributed by atoms with Gasteiger partial charge in [0.15, 0.2) is 0 Å². The average molecular weight is 245 g/mol. The van der Waals surface area contributed by atoms with Gasteiger partial charge in [-0.3, -0.25) is 9.78 Å². The van der Waals surface area contributed by atoms with Crippen LogP contribution in [0.4, 0.5) is 15.8 Å². The van der Waals surface area contributed by atoms with E-state index in [-0.39, 0.29) is 11.4 Å². The van der Waals surface area contributed by atoms with Gasteiger partial charge in [0.1, 0.15) is 11.5 Å². The van der Waals surface area contributed by atoms with Gasteiger partial charge >= 0.3 is 0 Å². The number of nitrogens with zero attached hydrogens (tertiary/aromatic N) is 1. The maximum atomic E-state index is 13.5. The molecule has 0 atom stereocenters. The van der Waals surface area contributed by atoms with Gasteiger partial charge in [0.05, 0.1) is 11.3 Å². The molecule has 0 bridgehead atoms. The van der Waals surface area contributed by atoms with Crippen molar-refractivity contribution in [3.8, 4) is 0 Å². The van der Waals surface area contributed by atoms with Crippen molar-refractivity contribution in [2.45, 2.75) is 6.92 Å². The van der Waals surface area contributed by atoms with Crippen LogP contribution < -0.4 is 11.1 Å². The fourth-order valence-electron chi connectivity index (χ4n) is 1.46. The molecule has 0 aliphatic heterocycles. The second-order valence-electron chi connectivity index (χ2n) is 3.85. The molecular weight excluding hydrogens is 233 g/mol. The number of amides is 1. The fourth-order valence-corrected chi connectivity index (χ4v) is 1.46. The Hall–Kier alpha value is -2.43. The molecule has 1 amide bonds. The zero-order chi connectivity index (χ0) is 13.1. The first-order valence-corrected chi connectivity index (χ1v) is 5.36. The Morgan fingerprint density at radius 2 is 2.11 bits per heavy atom. The molecule has 0 radical (unpaired) electrons. The smallest absolute Gasteiger partial charge is 0.257 e. The van der Waals surface area contributed by atoms with Crippen molar-refractivity contribution in [3.05, 3.63) is 53.6 Å². The number of halogens is 1. The van der Waals surface area contributed by atoms with Crippen LogP contribution in [0.15, 0.2) is 36.5 Å². The maximum Gasteiger partial charge on any atom is 0.257 e. The number of anilines is 2. The normalized spacial score (nSPS) is 10.1. The standard InChI is InChI=1S/C13H12FN3O/c1-8-5-6-9(7-16-8)13(18)17-12-10(14)3-2-4-11(12)15/h2-7H,15H2,1H3,(H,17,18). The number of nitrogen functional groups attached to an aromatic ring is 1. The topological polar surface area (TPSA) is 68.0 Å². The lowest BCUT2D eigenvalue weighted by Gasteiger charge is -2.08. The number of pyridine rings is 1. The van der Waals surface area contributed by atoms with Crippen LogP contribution in [0, 0.1) is 12.7 Å². The van der Waals surface area contributed by atoms with E-state index in [4.69, 9.17) is 5.73 Å².